The minimum absolute atomic E-state index is 0.401. The fourth-order valence-electron chi connectivity index (χ4n) is 4.17. The monoisotopic (exact) mass is 394 g/mol. The quantitative estimate of drug-likeness (QED) is 0.753. The molecule has 6 heteroatoms. The maximum absolute atomic E-state index is 5.67. The smallest absolute Gasteiger partial charge is 0.171 e. The molecule has 2 aromatic rings. The average molecular weight is 395 g/mol. The largest absolute Gasteiger partial charge is 0.495 e. The first-order chi connectivity index (χ1) is 14.1. The van der Waals surface area contributed by atoms with Gasteiger partial charge in [0.05, 0.1) is 30.9 Å². The number of hydrogen-bond donors (Lipinski definition) is 0. The van der Waals surface area contributed by atoms with E-state index >= 15 is 0 Å². The fraction of sp³-hybridized carbons (Fsp3) is 0.478. The molecule has 154 valence electrons. The summed E-state index contributed by atoms with van der Waals surface area (Å²) in [7, 11) is 1.71. The summed E-state index contributed by atoms with van der Waals surface area (Å²) in [6, 6.07) is 6.67. The molecule has 0 saturated carbocycles. The minimum atomic E-state index is 0.401. The number of aromatic nitrogens is 2. The first-order valence-electron chi connectivity index (χ1n) is 10.5. The van der Waals surface area contributed by atoms with E-state index in [-0.39, 0.29) is 0 Å². The fourth-order valence-corrected chi connectivity index (χ4v) is 4.17. The molecule has 0 unspecified atom stereocenters. The van der Waals surface area contributed by atoms with E-state index in [9.17, 15) is 0 Å². The lowest BCUT2D eigenvalue weighted by Crippen LogP contribution is -2.51. The van der Waals surface area contributed by atoms with Crippen molar-refractivity contribution in [2.45, 2.75) is 46.1 Å². The second kappa shape index (κ2) is 8.31. The van der Waals surface area contributed by atoms with Gasteiger partial charge < -0.3 is 19.0 Å². The van der Waals surface area contributed by atoms with E-state index in [0.29, 0.717) is 18.6 Å². The van der Waals surface area contributed by atoms with Crippen molar-refractivity contribution in [3.63, 3.8) is 0 Å². The zero-order valence-corrected chi connectivity index (χ0v) is 17.8. The highest BCUT2D eigenvalue weighted by molar-refractivity contribution is 6.02. The number of aryl methyl sites for hydroxylation is 1. The van der Waals surface area contributed by atoms with Crippen molar-refractivity contribution in [2.24, 2.45) is 11.1 Å². The topological polar surface area (TPSA) is 51.9 Å². The molecular formula is C23H30N4O2. The van der Waals surface area contributed by atoms with Crippen LogP contribution in [0.5, 0.6) is 5.75 Å². The summed E-state index contributed by atoms with van der Waals surface area (Å²) in [6.45, 7) is 8.26. The van der Waals surface area contributed by atoms with Gasteiger partial charge in [0.2, 0.25) is 0 Å². The van der Waals surface area contributed by atoms with E-state index in [1.165, 1.54) is 5.57 Å². The maximum Gasteiger partial charge on any atom is 0.171 e. The molecule has 0 radical (unpaired) electrons. The molecule has 4 rings (SSSR count). The van der Waals surface area contributed by atoms with Crippen molar-refractivity contribution >= 4 is 11.9 Å². The van der Waals surface area contributed by atoms with Crippen LogP contribution in [0.2, 0.25) is 0 Å². The second-order valence-corrected chi connectivity index (χ2v) is 7.98. The first kappa shape index (κ1) is 19.6. The SMILES string of the molecule is CC[C@H](C)[C@H]1CON=C2C(=Cc3ccc(-n4cnc(C)c4)c(OC)c3)CCCN21. The highest BCUT2D eigenvalue weighted by atomic mass is 16.6. The lowest BCUT2D eigenvalue weighted by atomic mass is 9.92. The summed E-state index contributed by atoms with van der Waals surface area (Å²) in [4.78, 5) is 12.4. The van der Waals surface area contributed by atoms with Gasteiger partial charge in [-0.3, -0.25) is 0 Å². The second-order valence-electron chi connectivity index (χ2n) is 7.98. The Morgan fingerprint density at radius 3 is 2.97 bits per heavy atom. The highest BCUT2D eigenvalue weighted by Gasteiger charge is 2.34. The Labute approximate surface area is 172 Å². The van der Waals surface area contributed by atoms with Gasteiger partial charge in [-0.25, -0.2) is 4.98 Å². The van der Waals surface area contributed by atoms with E-state index in [0.717, 1.165) is 54.3 Å². The average Bonchev–Trinajstić information content (AvgIpc) is 3.19. The zero-order chi connectivity index (χ0) is 20.4. The van der Waals surface area contributed by atoms with Gasteiger partial charge in [0.15, 0.2) is 5.84 Å². The number of benzene rings is 1. The Morgan fingerprint density at radius 2 is 2.24 bits per heavy atom. The number of rotatable bonds is 5. The molecule has 3 heterocycles. The minimum Gasteiger partial charge on any atom is -0.495 e. The van der Waals surface area contributed by atoms with Gasteiger partial charge in [0.1, 0.15) is 12.4 Å². The molecule has 0 amide bonds. The van der Waals surface area contributed by atoms with Crippen molar-refractivity contribution in [3.05, 3.63) is 47.6 Å². The van der Waals surface area contributed by atoms with Gasteiger partial charge >= 0.3 is 0 Å². The van der Waals surface area contributed by atoms with Gasteiger partial charge in [0.25, 0.3) is 0 Å². The van der Waals surface area contributed by atoms with Crippen LogP contribution in [-0.4, -0.2) is 46.6 Å². The Morgan fingerprint density at radius 1 is 1.38 bits per heavy atom. The van der Waals surface area contributed by atoms with Crippen molar-refractivity contribution in [3.8, 4) is 11.4 Å². The summed E-state index contributed by atoms with van der Waals surface area (Å²) in [6.07, 6.45) is 9.33. The molecule has 2 aliphatic rings. The van der Waals surface area contributed by atoms with Crippen LogP contribution in [0, 0.1) is 12.8 Å². The van der Waals surface area contributed by atoms with E-state index < -0.39 is 0 Å². The van der Waals surface area contributed by atoms with Crippen LogP contribution in [0.25, 0.3) is 11.8 Å². The first-order valence-corrected chi connectivity index (χ1v) is 10.5. The third-order valence-electron chi connectivity index (χ3n) is 6.04. The molecule has 0 spiro atoms. The standard InChI is InChI=1S/C23H30N4O2/c1-5-16(2)21-14-29-25-23-19(7-6-10-27(21)23)11-18-8-9-20(22(12-18)28-4)26-13-17(3)24-15-26/h8-9,11-13,15-16,21H,5-7,10,14H2,1-4H3/t16-,21+/m0/s1. The third-order valence-corrected chi connectivity index (χ3v) is 6.04. The van der Waals surface area contributed by atoms with Gasteiger partial charge in [0, 0.05) is 12.7 Å². The number of ether oxygens (including phenoxy) is 1. The van der Waals surface area contributed by atoms with Crippen molar-refractivity contribution in [2.75, 3.05) is 20.3 Å². The van der Waals surface area contributed by atoms with Gasteiger partial charge in [-0.05, 0) is 55.0 Å². The van der Waals surface area contributed by atoms with Crippen molar-refractivity contribution < 1.29 is 9.57 Å². The number of hydrogen-bond acceptors (Lipinski definition) is 5. The normalized spacial score (nSPS) is 21.4. The summed E-state index contributed by atoms with van der Waals surface area (Å²) >= 11 is 0. The number of fused-ring (bicyclic) bond motifs is 1. The Bertz CT molecular complexity index is 931. The molecular weight excluding hydrogens is 364 g/mol. The van der Waals surface area contributed by atoms with E-state index in [1.807, 2.05) is 24.0 Å². The molecule has 1 fully saturated rings. The predicted molar refractivity (Wildman–Crippen MR) is 115 cm³/mol. The van der Waals surface area contributed by atoms with Crippen LogP contribution in [0.4, 0.5) is 0 Å². The predicted octanol–water partition coefficient (Wildman–Crippen LogP) is 4.43. The number of imidazole rings is 1. The Hall–Kier alpha value is -2.76. The summed E-state index contributed by atoms with van der Waals surface area (Å²) in [5.74, 6) is 2.41. The number of oxime groups is 1. The molecule has 1 aromatic carbocycles. The highest BCUT2D eigenvalue weighted by Crippen LogP contribution is 2.31. The van der Waals surface area contributed by atoms with Crippen LogP contribution in [0.1, 0.15) is 44.4 Å². The van der Waals surface area contributed by atoms with Gasteiger partial charge in [-0.2, -0.15) is 0 Å². The van der Waals surface area contributed by atoms with E-state index in [4.69, 9.17) is 9.57 Å². The molecule has 6 nitrogen and oxygen atoms in total. The Kier molecular flexibility index (Phi) is 5.60. The number of methoxy groups -OCH3 is 1. The molecule has 2 aliphatic heterocycles. The number of amidine groups is 1. The number of nitrogens with zero attached hydrogens (tertiary/aromatic N) is 4. The van der Waals surface area contributed by atoms with Crippen molar-refractivity contribution in [1.29, 1.82) is 0 Å². The molecule has 0 aliphatic carbocycles. The van der Waals surface area contributed by atoms with Crippen LogP contribution in [-0.2, 0) is 4.84 Å². The van der Waals surface area contributed by atoms with E-state index in [2.05, 4.69) is 53.2 Å². The summed E-state index contributed by atoms with van der Waals surface area (Å²) in [5.41, 5.74) is 4.30. The van der Waals surface area contributed by atoms with Gasteiger partial charge in [-0.1, -0.05) is 31.5 Å². The molecule has 0 bridgehead atoms. The molecule has 0 N–H and O–H groups in total. The lowest BCUT2D eigenvalue weighted by Gasteiger charge is -2.42. The third kappa shape index (κ3) is 3.88. The lowest BCUT2D eigenvalue weighted by molar-refractivity contribution is 0.0355. The Balaban J connectivity index is 1.64. The van der Waals surface area contributed by atoms with Crippen LogP contribution in [0.3, 0.4) is 0 Å². The van der Waals surface area contributed by atoms with E-state index in [1.54, 1.807) is 7.11 Å². The zero-order valence-electron chi connectivity index (χ0n) is 17.8. The van der Waals surface area contributed by atoms with Crippen LogP contribution in [0.15, 0.2) is 41.5 Å². The summed E-state index contributed by atoms with van der Waals surface area (Å²) in [5, 5.41) is 4.44. The van der Waals surface area contributed by atoms with Gasteiger partial charge in [-0.15, -0.1) is 0 Å². The molecule has 1 aromatic heterocycles. The molecule has 2 atom stereocenters. The van der Waals surface area contributed by atoms with Crippen LogP contribution < -0.4 is 4.74 Å². The summed E-state index contributed by atoms with van der Waals surface area (Å²) < 4.78 is 7.65. The van der Waals surface area contributed by atoms with Crippen molar-refractivity contribution in [1.82, 2.24) is 14.5 Å². The molecule has 1 saturated heterocycles. The maximum atomic E-state index is 5.67. The molecule has 29 heavy (non-hydrogen) atoms. The van der Waals surface area contributed by atoms with Crippen LogP contribution >= 0.6 is 0 Å². The number of piperidine rings is 1.